The van der Waals surface area contributed by atoms with Crippen LogP contribution in [-0.4, -0.2) is 21.2 Å². The van der Waals surface area contributed by atoms with Crippen molar-refractivity contribution in [1.82, 2.24) is 10.1 Å². The van der Waals surface area contributed by atoms with Gasteiger partial charge in [-0.3, -0.25) is 0 Å². The Bertz CT molecular complexity index is 826. The van der Waals surface area contributed by atoms with Gasteiger partial charge in [0.2, 0.25) is 0 Å². The third kappa shape index (κ3) is 3.22. The molecule has 0 spiro atoms. The number of hydrogen-bond acceptors (Lipinski definition) is 6. The van der Waals surface area contributed by atoms with E-state index < -0.39 is 5.97 Å². The molecule has 2 N–H and O–H groups in total. The number of benzene rings is 1. The highest BCUT2D eigenvalue weighted by atomic mass is 35.5. The molecular formula is C13H7Cl2N3O3S. The number of aromatic carboxylic acids is 1. The van der Waals surface area contributed by atoms with Crippen molar-refractivity contribution in [2.24, 2.45) is 0 Å². The second-order valence-corrected chi connectivity index (χ2v) is 5.93. The van der Waals surface area contributed by atoms with E-state index in [-0.39, 0.29) is 11.5 Å². The first-order chi connectivity index (χ1) is 10.5. The van der Waals surface area contributed by atoms with Crippen LogP contribution >= 0.6 is 34.5 Å². The maximum Gasteiger partial charge on any atom is 0.358 e. The summed E-state index contributed by atoms with van der Waals surface area (Å²) in [5.41, 5.74) is 1.02. The molecular weight excluding hydrogens is 349 g/mol. The fourth-order valence-corrected chi connectivity index (χ4v) is 2.94. The van der Waals surface area contributed by atoms with Crippen LogP contribution in [0.3, 0.4) is 0 Å². The maximum atomic E-state index is 10.8. The average Bonchev–Trinajstić information content (AvgIpc) is 3.05. The number of nitrogens with zero attached hydrogens (tertiary/aromatic N) is 2. The van der Waals surface area contributed by atoms with E-state index in [4.69, 9.17) is 32.8 Å². The van der Waals surface area contributed by atoms with Crippen molar-refractivity contribution in [3.63, 3.8) is 0 Å². The molecule has 0 unspecified atom stereocenters. The molecule has 3 aromatic rings. The van der Waals surface area contributed by atoms with E-state index in [0.717, 1.165) is 0 Å². The van der Waals surface area contributed by atoms with Crippen LogP contribution in [0, 0.1) is 0 Å². The molecule has 0 aliphatic heterocycles. The van der Waals surface area contributed by atoms with Crippen LogP contribution in [0.5, 0.6) is 0 Å². The SMILES string of the molecule is O=C(O)c1cc(-c2csc(Nc3cc(Cl)cc(Cl)c3)n2)on1. The van der Waals surface area contributed by atoms with Crippen LogP contribution in [0.25, 0.3) is 11.5 Å². The van der Waals surface area contributed by atoms with E-state index in [9.17, 15) is 4.79 Å². The van der Waals surface area contributed by atoms with Gasteiger partial charge in [-0.2, -0.15) is 0 Å². The zero-order valence-electron chi connectivity index (χ0n) is 10.7. The number of carboxylic acid groups (broad SMARTS) is 1. The molecule has 9 heteroatoms. The third-order valence-electron chi connectivity index (χ3n) is 2.60. The normalized spacial score (nSPS) is 10.6. The number of carbonyl (C=O) groups is 1. The molecule has 0 aliphatic rings. The summed E-state index contributed by atoms with van der Waals surface area (Å²) in [5.74, 6) is -0.872. The van der Waals surface area contributed by atoms with Gasteiger partial charge in [-0.25, -0.2) is 9.78 Å². The summed E-state index contributed by atoms with van der Waals surface area (Å²) in [4.78, 5) is 15.1. The Morgan fingerprint density at radius 1 is 1.23 bits per heavy atom. The Kier molecular flexibility index (Phi) is 4.02. The first-order valence-corrected chi connectivity index (χ1v) is 7.54. The molecule has 0 fully saturated rings. The molecule has 0 radical (unpaired) electrons. The highest BCUT2D eigenvalue weighted by Crippen LogP contribution is 2.29. The molecule has 6 nitrogen and oxygen atoms in total. The Labute approximate surface area is 138 Å². The minimum Gasteiger partial charge on any atom is -0.476 e. The van der Waals surface area contributed by atoms with Gasteiger partial charge in [0.1, 0.15) is 5.69 Å². The van der Waals surface area contributed by atoms with Gasteiger partial charge >= 0.3 is 5.97 Å². The summed E-state index contributed by atoms with van der Waals surface area (Å²) < 4.78 is 4.96. The number of carboxylic acids is 1. The number of halogens is 2. The second kappa shape index (κ2) is 5.96. The monoisotopic (exact) mass is 355 g/mol. The molecule has 0 saturated heterocycles. The van der Waals surface area contributed by atoms with Gasteiger partial charge in [0, 0.05) is 27.2 Å². The zero-order valence-corrected chi connectivity index (χ0v) is 13.0. The van der Waals surface area contributed by atoms with Crippen LogP contribution in [0.15, 0.2) is 34.2 Å². The van der Waals surface area contributed by atoms with E-state index >= 15 is 0 Å². The number of nitrogens with one attached hydrogen (secondary N) is 1. The summed E-state index contributed by atoms with van der Waals surface area (Å²) in [6.07, 6.45) is 0. The fraction of sp³-hybridized carbons (Fsp3) is 0. The van der Waals surface area contributed by atoms with Crippen molar-refractivity contribution in [3.05, 3.63) is 45.4 Å². The van der Waals surface area contributed by atoms with Crippen LogP contribution in [0.4, 0.5) is 10.8 Å². The largest absolute Gasteiger partial charge is 0.476 e. The van der Waals surface area contributed by atoms with Gasteiger partial charge in [0.25, 0.3) is 0 Å². The highest BCUT2D eigenvalue weighted by Gasteiger charge is 2.14. The quantitative estimate of drug-likeness (QED) is 0.713. The summed E-state index contributed by atoms with van der Waals surface area (Å²) >= 11 is 13.2. The van der Waals surface area contributed by atoms with Gasteiger partial charge in [0.15, 0.2) is 16.6 Å². The molecule has 0 bridgehead atoms. The van der Waals surface area contributed by atoms with Gasteiger partial charge < -0.3 is 14.9 Å². The number of hydrogen-bond donors (Lipinski definition) is 2. The number of rotatable bonds is 4. The Morgan fingerprint density at radius 3 is 2.59 bits per heavy atom. The lowest BCUT2D eigenvalue weighted by Crippen LogP contribution is -1.94. The van der Waals surface area contributed by atoms with Crippen LogP contribution < -0.4 is 5.32 Å². The van der Waals surface area contributed by atoms with Crippen LogP contribution in [-0.2, 0) is 0 Å². The molecule has 1 aromatic carbocycles. The topological polar surface area (TPSA) is 88.2 Å². The predicted molar refractivity (Wildman–Crippen MR) is 84.3 cm³/mol. The van der Waals surface area contributed by atoms with Crippen molar-refractivity contribution in [2.75, 3.05) is 5.32 Å². The van der Waals surface area contributed by atoms with Gasteiger partial charge in [-0.05, 0) is 18.2 Å². The first kappa shape index (κ1) is 14.8. The lowest BCUT2D eigenvalue weighted by atomic mass is 10.3. The Morgan fingerprint density at radius 2 is 1.95 bits per heavy atom. The van der Waals surface area contributed by atoms with E-state index in [1.165, 1.54) is 17.4 Å². The molecule has 22 heavy (non-hydrogen) atoms. The minimum atomic E-state index is -1.16. The number of thiazole rings is 1. The molecule has 2 heterocycles. The van der Waals surface area contributed by atoms with Crippen LogP contribution in [0.2, 0.25) is 10.0 Å². The summed E-state index contributed by atoms with van der Waals surface area (Å²) in [7, 11) is 0. The van der Waals surface area contributed by atoms with E-state index in [1.54, 1.807) is 23.6 Å². The molecule has 0 aliphatic carbocycles. The van der Waals surface area contributed by atoms with E-state index in [0.29, 0.717) is 26.6 Å². The minimum absolute atomic E-state index is 0.167. The Balaban J connectivity index is 1.82. The number of anilines is 2. The predicted octanol–water partition coefficient (Wildman–Crippen LogP) is 4.55. The summed E-state index contributed by atoms with van der Waals surface area (Å²) in [5, 5.41) is 18.7. The van der Waals surface area contributed by atoms with E-state index in [1.807, 2.05) is 0 Å². The van der Waals surface area contributed by atoms with Crippen LogP contribution in [0.1, 0.15) is 10.5 Å². The molecule has 2 aromatic heterocycles. The average molecular weight is 356 g/mol. The molecule has 0 atom stereocenters. The van der Waals surface area contributed by atoms with Crippen molar-refractivity contribution >= 4 is 51.3 Å². The van der Waals surface area contributed by atoms with Gasteiger partial charge in [-0.1, -0.05) is 28.4 Å². The van der Waals surface area contributed by atoms with E-state index in [2.05, 4.69) is 15.5 Å². The maximum absolute atomic E-state index is 10.8. The van der Waals surface area contributed by atoms with Gasteiger partial charge in [-0.15, -0.1) is 11.3 Å². The third-order valence-corrected chi connectivity index (χ3v) is 3.79. The summed E-state index contributed by atoms with van der Waals surface area (Å²) in [6, 6.07) is 6.37. The number of aromatic nitrogens is 2. The fourth-order valence-electron chi connectivity index (χ4n) is 1.69. The highest BCUT2D eigenvalue weighted by molar-refractivity contribution is 7.14. The van der Waals surface area contributed by atoms with Crippen molar-refractivity contribution in [1.29, 1.82) is 0 Å². The first-order valence-electron chi connectivity index (χ1n) is 5.90. The molecule has 0 saturated carbocycles. The summed E-state index contributed by atoms with van der Waals surface area (Å²) in [6.45, 7) is 0. The Hall–Kier alpha value is -2.09. The zero-order chi connectivity index (χ0) is 15.7. The van der Waals surface area contributed by atoms with Crippen molar-refractivity contribution in [3.8, 4) is 11.5 Å². The van der Waals surface area contributed by atoms with Crippen molar-refractivity contribution in [2.45, 2.75) is 0 Å². The molecule has 3 rings (SSSR count). The van der Waals surface area contributed by atoms with Gasteiger partial charge in [0.05, 0.1) is 0 Å². The lowest BCUT2D eigenvalue weighted by Gasteiger charge is -2.03. The smallest absolute Gasteiger partial charge is 0.358 e. The lowest BCUT2D eigenvalue weighted by molar-refractivity contribution is 0.0686. The molecule has 112 valence electrons. The standard InChI is InChI=1S/C13H7Cl2N3O3S/c14-6-1-7(15)3-8(2-6)16-13-17-10(5-22-13)11-4-9(12(19)20)18-21-11/h1-5H,(H,16,17)(H,19,20). The van der Waals surface area contributed by atoms with Crippen molar-refractivity contribution < 1.29 is 14.4 Å². The molecule has 0 amide bonds. The second-order valence-electron chi connectivity index (χ2n) is 4.20.